The van der Waals surface area contributed by atoms with Gasteiger partial charge in [0.15, 0.2) is 5.78 Å². The van der Waals surface area contributed by atoms with Crippen molar-refractivity contribution < 1.29 is 27.4 Å². The van der Waals surface area contributed by atoms with E-state index in [2.05, 4.69) is 39.0 Å². The summed E-state index contributed by atoms with van der Waals surface area (Å²) in [6.07, 6.45) is -0.00942. The third-order valence-corrected chi connectivity index (χ3v) is 7.39. The molecule has 0 unspecified atom stereocenters. The zero-order valence-electron chi connectivity index (χ0n) is 22.6. The van der Waals surface area contributed by atoms with Crippen molar-refractivity contribution in [1.29, 1.82) is 0 Å². The minimum absolute atomic E-state index is 0.0605. The minimum Gasteiger partial charge on any atom is -0.494 e. The van der Waals surface area contributed by atoms with Gasteiger partial charge in [-0.3, -0.25) is 4.79 Å². The lowest BCUT2D eigenvalue weighted by Crippen LogP contribution is -2.32. The van der Waals surface area contributed by atoms with Crippen molar-refractivity contribution in [3.05, 3.63) is 89.2 Å². The van der Waals surface area contributed by atoms with Gasteiger partial charge in [0.05, 0.1) is 23.4 Å². The second-order valence-corrected chi connectivity index (χ2v) is 10.1. The van der Waals surface area contributed by atoms with Gasteiger partial charge < -0.3 is 14.4 Å². The molecule has 2 aromatic carbocycles. The molecule has 5 rings (SSSR count). The van der Waals surface area contributed by atoms with Crippen LogP contribution in [0.15, 0.2) is 66.9 Å². The Morgan fingerprint density at radius 2 is 1.70 bits per heavy atom. The lowest BCUT2D eigenvalue weighted by Gasteiger charge is -2.34. The topological polar surface area (TPSA) is 56.1 Å². The van der Waals surface area contributed by atoms with Crippen LogP contribution in [0.25, 0.3) is 5.52 Å². The van der Waals surface area contributed by atoms with Gasteiger partial charge >= 0.3 is 6.36 Å². The van der Waals surface area contributed by atoms with Crippen LogP contribution >= 0.6 is 0 Å². The average Bonchev–Trinajstić information content (AvgIpc) is 3.27. The molecule has 4 aromatic rings. The molecular weight excluding hydrogens is 519 g/mol. The Kier molecular flexibility index (Phi) is 8.00. The molecule has 0 saturated carbocycles. The van der Waals surface area contributed by atoms with Crippen LogP contribution in [0.5, 0.6) is 11.5 Å². The molecule has 0 radical (unpaired) electrons. The molecule has 3 heterocycles. The molecule has 0 N–H and O–H groups in total. The number of rotatable bonds is 9. The summed E-state index contributed by atoms with van der Waals surface area (Å²) in [5.74, 6) is 0.886. The summed E-state index contributed by atoms with van der Waals surface area (Å²) in [6.45, 7) is 6.06. The summed E-state index contributed by atoms with van der Waals surface area (Å²) in [5.41, 5.74) is 5.37. The summed E-state index contributed by atoms with van der Waals surface area (Å²) < 4.78 is 48.5. The number of carbonyl (C=O) groups excluding carboxylic acids is 1. The van der Waals surface area contributed by atoms with Crippen LogP contribution in [0, 0.1) is 6.92 Å². The third kappa shape index (κ3) is 6.41. The zero-order valence-corrected chi connectivity index (χ0v) is 22.6. The fourth-order valence-corrected chi connectivity index (χ4v) is 5.41. The van der Waals surface area contributed by atoms with Gasteiger partial charge in [0.2, 0.25) is 0 Å². The van der Waals surface area contributed by atoms with Crippen molar-refractivity contribution >= 4 is 17.0 Å². The molecule has 1 fully saturated rings. The summed E-state index contributed by atoms with van der Waals surface area (Å²) in [4.78, 5) is 15.5. The molecule has 40 heavy (non-hydrogen) atoms. The quantitative estimate of drug-likeness (QED) is 0.207. The Morgan fingerprint density at radius 1 is 1.00 bits per heavy atom. The van der Waals surface area contributed by atoms with Crippen LogP contribution in [0.3, 0.4) is 0 Å². The first kappa shape index (κ1) is 27.6. The van der Waals surface area contributed by atoms with E-state index in [1.165, 1.54) is 12.1 Å². The lowest BCUT2D eigenvalue weighted by atomic mass is 9.89. The first-order valence-electron chi connectivity index (χ1n) is 13.5. The van der Waals surface area contributed by atoms with E-state index in [-0.39, 0.29) is 11.5 Å². The van der Waals surface area contributed by atoms with E-state index in [0.717, 1.165) is 54.0 Å². The number of aryl methyl sites for hydroxylation is 2. The first-order chi connectivity index (χ1) is 19.2. The van der Waals surface area contributed by atoms with E-state index in [9.17, 15) is 18.0 Å². The van der Waals surface area contributed by atoms with Crippen LogP contribution in [0.2, 0.25) is 0 Å². The number of alkyl halides is 3. The highest BCUT2D eigenvalue weighted by molar-refractivity contribution is 6.03. The molecule has 1 aliphatic rings. The monoisotopic (exact) mass is 551 g/mol. The van der Waals surface area contributed by atoms with Gasteiger partial charge in [-0.15, -0.1) is 13.2 Å². The number of pyridine rings is 1. The van der Waals surface area contributed by atoms with Crippen molar-refractivity contribution in [1.82, 2.24) is 9.61 Å². The van der Waals surface area contributed by atoms with Crippen LogP contribution < -0.4 is 14.4 Å². The number of anilines is 1. The highest BCUT2D eigenvalue weighted by Crippen LogP contribution is 2.32. The van der Waals surface area contributed by atoms with Crippen molar-refractivity contribution in [3.8, 4) is 11.5 Å². The number of piperidine rings is 1. The third-order valence-electron chi connectivity index (χ3n) is 7.39. The number of nitrogens with zero attached hydrogens (tertiary/aromatic N) is 3. The van der Waals surface area contributed by atoms with Gasteiger partial charge in [0.25, 0.3) is 0 Å². The van der Waals surface area contributed by atoms with E-state index in [0.29, 0.717) is 36.6 Å². The number of carbonyl (C=O) groups is 1. The summed E-state index contributed by atoms with van der Waals surface area (Å²) >= 11 is 0. The van der Waals surface area contributed by atoms with Gasteiger partial charge in [-0.2, -0.15) is 5.10 Å². The predicted molar refractivity (Wildman–Crippen MR) is 148 cm³/mol. The second-order valence-electron chi connectivity index (χ2n) is 10.1. The molecule has 2 aromatic heterocycles. The summed E-state index contributed by atoms with van der Waals surface area (Å²) in [7, 11) is 0. The van der Waals surface area contributed by atoms with E-state index >= 15 is 0 Å². The number of ketones is 1. The minimum atomic E-state index is -4.68. The van der Waals surface area contributed by atoms with Crippen molar-refractivity contribution in [3.63, 3.8) is 0 Å². The van der Waals surface area contributed by atoms with Crippen LogP contribution in [-0.2, 0) is 6.42 Å². The van der Waals surface area contributed by atoms with Gasteiger partial charge in [-0.1, -0.05) is 24.3 Å². The number of ether oxygens (including phenoxy) is 2. The standard InChI is InChI=1S/C31H32F3N3O3/c1-3-39-27-16-19-37-28(20-27)30(21(2)35-37)29(38)13-6-22-4-9-25(10-5-22)36-17-14-24(15-18-36)23-7-11-26(12-8-23)40-31(32,33)34/h4-5,7-12,16,19-20,24H,3,6,13-15,17-18H2,1-2H3. The second kappa shape index (κ2) is 11.6. The Bertz CT molecular complexity index is 1460. The molecule has 210 valence electrons. The maximum atomic E-state index is 13.2. The average molecular weight is 552 g/mol. The van der Waals surface area contributed by atoms with E-state index in [1.54, 1.807) is 16.6 Å². The molecule has 0 spiro atoms. The number of hydrogen-bond donors (Lipinski definition) is 0. The number of Topliss-reactive ketones (excluding diaryl/α,β-unsaturated/α-hetero) is 1. The Hall–Kier alpha value is -4.01. The normalized spacial score (nSPS) is 14.5. The number of aromatic nitrogens is 2. The van der Waals surface area contributed by atoms with Crippen LogP contribution in [0.4, 0.5) is 18.9 Å². The molecule has 1 saturated heterocycles. The number of hydrogen-bond acceptors (Lipinski definition) is 5. The fraction of sp³-hybridized carbons (Fsp3) is 0.355. The summed E-state index contributed by atoms with van der Waals surface area (Å²) in [5, 5.41) is 4.48. The van der Waals surface area contributed by atoms with Crippen LogP contribution in [0.1, 0.15) is 59.3 Å². The van der Waals surface area contributed by atoms with Gasteiger partial charge in [0, 0.05) is 37.5 Å². The maximum absolute atomic E-state index is 13.2. The van der Waals surface area contributed by atoms with Crippen molar-refractivity contribution in [2.75, 3.05) is 24.6 Å². The molecule has 0 bridgehead atoms. The van der Waals surface area contributed by atoms with Crippen LogP contribution in [-0.4, -0.2) is 41.5 Å². The lowest BCUT2D eigenvalue weighted by molar-refractivity contribution is -0.274. The van der Waals surface area contributed by atoms with Gasteiger partial charge in [-0.05, 0) is 80.5 Å². The molecule has 9 heteroatoms. The smallest absolute Gasteiger partial charge is 0.494 e. The molecule has 0 amide bonds. The largest absolute Gasteiger partial charge is 0.573 e. The number of fused-ring (bicyclic) bond motifs is 1. The zero-order chi connectivity index (χ0) is 28.3. The van der Waals surface area contributed by atoms with E-state index in [1.807, 2.05) is 32.2 Å². The van der Waals surface area contributed by atoms with Gasteiger partial charge in [0.1, 0.15) is 11.5 Å². The number of halogens is 3. The van der Waals surface area contributed by atoms with Crippen molar-refractivity contribution in [2.24, 2.45) is 0 Å². The predicted octanol–water partition coefficient (Wildman–Crippen LogP) is 7.14. The fourth-order valence-electron chi connectivity index (χ4n) is 5.41. The highest BCUT2D eigenvalue weighted by atomic mass is 19.4. The Morgan fingerprint density at radius 3 is 2.35 bits per heavy atom. The first-order valence-corrected chi connectivity index (χ1v) is 13.5. The van der Waals surface area contributed by atoms with E-state index in [4.69, 9.17) is 4.74 Å². The molecule has 1 aliphatic heterocycles. The highest BCUT2D eigenvalue weighted by Gasteiger charge is 2.31. The Labute approximate surface area is 231 Å². The molecule has 6 nitrogen and oxygen atoms in total. The van der Waals surface area contributed by atoms with E-state index < -0.39 is 6.36 Å². The number of benzene rings is 2. The molecule has 0 atom stereocenters. The van der Waals surface area contributed by atoms with Gasteiger partial charge in [-0.25, -0.2) is 4.52 Å². The van der Waals surface area contributed by atoms with Crippen molar-refractivity contribution in [2.45, 2.75) is 51.8 Å². The summed E-state index contributed by atoms with van der Waals surface area (Å²) in [6, 6.07) is 18.3. The molecular formula is C31H32F3N3O3. The maximum Gasteiger partial charge on any atom is 0.573 e. The molecule has 0 aliphatic carbocycles. The Balaban J connectivity index is 1.15. The SMILES string of the molecule is CCOc1ccn2nc(C)c(C(=O)CCc3ccc(N4CCC(c5ccc(OC(F)(F)F)cc5)CC4)cc3)c2c1.